The van der Waals surface area contributed by atoms with Crippen molar-refractivity contribution in [2.24, 2.45) is 0 Å². The molecule has 12 heavy (non-hydrogen) atoms. The number of rotatable bonds is 3. The lowest BCUT2D eigenvalue weighted by Crippen LogP contribution is -2.12. The number of methoxy groups -OCH3 is 1. The summed E-state index contributed by atoms with van der Waals surface area (Å²) in [5.74, 6) is -0.258. The van der Waals surface area contributed by atoms with Crippen LogP contribution in [0.5, 0.6) is 0 Å². The second-order valence-electron chi connectivity index (χ2n) is 2.64. The molecule has 0 bridgehead atoms. The average molecular weight is 194 g/mol. The molecule has 0 aromatic rings. The molecule has 72 valence electrons. The number of ether oxygens (including phenoxy) is 1. The van der Waals surface area contributed by atoms with Crippen LogP contribution in [-0.4, -0.2) is 38.6 Å². The first-order valence-electron chi connectivity index (χ1n) is 3.47. The zero-order valence-corrected chi connectivity index (χ0v) is 8.77. The van der Waals surface area contributed by atoms with E-state index in [2.05, 4.69) is 4.74 Å². The van der Waals surface area contributed by atoms with Crippen molar-refractivity contribution in [3.05, 3.63) is 11.6 Å². The first kappa shape index (κ1) is 14.0. The van der Waals surface area contributed by atoms with Gasteiger partial charge in [-0.05, 0) is 21.0 Å². The van der Waals surface area contributed by atoms with Crippen LogP contribution in [0.3, 0.4) is 0 Å². The van der Waals surface area contributed by atoms with Gasteiger partial charge in [0.2, 0.25) is 0 Å². The molecule has 0 aliphatic rings. The van der Waals surface area contributed by atoms with Gasteiger partial charge in [-0.3, -0.25) is 0 Å². The molecule has 0 aromatic heterocycles. The van der Waals surface area contributed by atoms with Gasteiger partial charge in [0.25, 0.3) is 0 Å². The Labute approximate surface area is 79.8 Å². The Kier molecular flexibility index (Phi) is 8.32. The molecule has 0 fully saturated rings. The third-order valence-electron chi connectivity index (χ3n) is 1.27. The van der Waals surface area contributed by atoms with Crippen LogP contribution in [-0.2, 0) is 9.53 Å². The number of esters is 1. The minimum Gasteiger partial charge on any atom is -0.466 e. The Morgan fingerprint density at radius 2 is 2.00 bits per heavy atom. The molecule has 0 atom stereocenters. The van der Waals surface area contributed by atoms with Gasteiger partial charge in [-0.1, -0.05) is 6.08 Å². The maximum Gasteiger partial charge on any atom is 0.333 e. The van der Waals surface area contributed by atoms with Crippen molar-refractivity contribution in [2.75, 3.05) is 27.7 Å². The number of hydrogen-bond donors (Lipinski definition) is 0. The molecular weight excluding hydrogens is 178 g/mol. The maximum atomic E-state index is 10.8. The predicted octanol–water partition coefficient (Wildman–Crippen LogP) is 1.09. The Hall–Kier alpha value is -0.540. The fraction of sp³-hybridized carbons (Fsp3) is 0.625. The molecule has 0 rings (SSSR count). The third-order valence-corrected chi connectivity index (χ3v) is 1.27. The highest BCUT2D eigenvalue weighted by atomic mass is 35.5. The van der Waals surface area contributed by atoms with Gasteiger partial charge in [0.15, 0.2) is 0 Å². The normalized spacial score (nSPS) is 10.9. The van der Waals surface area contributed by atoms with Crippen LogP contribution in [0.15, 0.2) is 11.6 Å². The standard InChI is InChI=1S/C8H15NO2.ClH/c1-7(8(10)11-4)5-6-9(2)3;/h5H,6H2,1-4H3;1H. The van der Waals surface area contributed by atoms with Crippen LogP contribution >= 0.6 is 12.4 Å². The van der Waals surface area contributed by atoms with Crippen LogP contribution in [0, 0.1) is 0 Å². The quantitative estimate of drug-likeness (QED) is 0.497. The molecule has 0 N–H and O–H groups in total. The van der Waals surface area contributed by atoms with Crippen molar-refractivity contribution in [1.82, 2.24) is 4.90 Å². The summed E-state index contributed by atoms with van der Waals surface area (Å²) in [6.07, 6.45) is 1.84. The number of hydrogen-bond acceptors (Lipinski definition) is 3. The maximum absolute atomic E-state index is 10.8. The van der Waals surface area contributed by atoms with Gasteiger partial charge in [0.1, 0.15) is 0 Å². The van der Waals surface area contributed by atoms with E-state index in [0.717, 1.165) is 6.54 Å². The predicted molar refractivity (Wildman–Crippen MR) is 51.6 cm³/mol. The van der Waals surface area contributed by atoms with Crippen molar-refractivity contribution in [3.63, 3.8) is 0 Å². The van der Waals surface area contributed by atoms with E-state index in [1.54, 1.807) is 6.92 Å². The molecule has 0 radical (unpaired) electrons. The van der Waals surface area contributed by atoms with Crippen molar-refractivity contribution >= 4 is 18.4 Å². The van der Waals surface area contributed by atoms with E-state index >= 15 is 0 Å². The molecule has 0 amide bonds. The number of halogens is 1. The van der Waals surface area contributed by atoms with E-state index in [0.29, 0.717) is 5.57 Å². The minimum absolute atomic E-state index is 0. The van der Waals surface area contributed by atoms with Crippen molar-refractivity contribution < 1.29 is 9.53 Å². The van der Waals surface area contributed by atoms with E-state index < -0.39 is 0 Å². The Balaban J connectivity index is 0. The van der Waals surface area contributed by atoms with Gasteiger partial charge in [-0.25, -0.2) is 4.79 Å². The van der Waals surface area contributed by atoms with E-state index in [-0.39, 0.29) is 18.4 Å². The third kappa shape index (κ3) is 6.19. The molecule has 0 saturated carbocycles. The van der Waals surface area contributed by atoms with Crippen LogP contribution in [0.4, 0.5) is 0 Å². The number of nitrogens with zero attached hydrogens (tertiary/aromatic N) is 1. The van der Waals surface area contributed by atoms with Gasteiger partial charge < -0.3 is 9.64 Å². The molecule has 4 heteroatoms. The van der Waals surface area contributed by atoms with Gasteiger partial charge >= 0.3 is 5.97 Å². The number of likely N-dealkylation sites (N-methyl/N-ethyl adjacent to an activating group) is 1. The summed E-state index contributed by atoms with van der Waals surface area (Å²) >= 11 is 0. The molecular formula is C8H16ClNO2. The van der Waals surface area contributed by atoms with Crippen LogP contribution in [0.25, 0.3) is 0 Å². The summed E-state index contributed by atoms with van der Waals surface area (Å²) in [4.78, 5) is 12.8. The molecule has 0 unspecified atom stereocenters. The van der Waals surface area contributed by atoms with Crippen LogP contribution < -0.4 is 0 Å². The highest BCUT2D eigenvalue weighted by Crippen LogP contribution is 1.94. The van der Waals surface area contributed by atoms with E-state index in [1.807, 2.05) is 25.1 Å². The summed E-state index contributed by atoms with van der Waals surface area (Å²) in [5.41, 5.74) is 0.654. The zero-order valence-electron chi connectivity index (χ0n) is 7.96. The molecule has 0 heterocycles. The van der Waals surface area contributed by atoms with E-state index in [9.17, 15) is 4.79 Å². The summed E-state index contributed by atoms with van der Waals surface area (Å²) in [7, 11) is 5.28. The molecule has 0 aliphatic heterocycles. The lowest BCUT2D eigenvalue weighted by Gasteiger charge is -2.05. The summed E-state index contributed by atoms with van der Waals surface area (Å²) < 4.78 is 4.52. The van der Waals surface area contributed by atoms with Crippen molar-refractivity contribution in [2.45, 2.75) is 6.92 Å². The largest absolute Gasteiger partial charge is 0.466 e. The van der Waals surface area contributed by atoms with Crippen LogP contribution in [0.1, 0.15) is 6.92 Å². The molecule has 3 nitrogen and oxygen atoms in total. The van der Waals surface area contributed by atoms with Crippen molar-refractivity contribution in [3.8, 4) is 0 Å². The van der Waals surface area contributed by atoms with Gasteiger partial charge in [0, 0.05) is 12.1 Å². The summed E-state index contributed by atoms with van der Waals surface area (Å²) in [6.45, 7) is 2.51. The highest BCUT2D eigenvalue weighted by Gasteiger charge is 2.01. The number of carbonyl (C=O) groups is 1. The second-order valence-corrected chi connectivity index (χ2v) is 2.64. The summed E-state index contributed by atoms with van der Waals surface area (Å²) in [6, 6.07) is 0. The molecule has 0 spiro atoms. The van der Waals surface area contributed by atoms with E-state index in [1.165, 1.54) is 7.11 Å². The molecule has 0 aliphatic carbocycles. The van der Waals surface area contributed by atoms with Crippen LogP contribution in [0.2, 0.25) is 0 Å². The lowest BCUT2D eigenvalue weighted by atomic mass is 10.3. The highest BCUT2D eigenvalue weighted by molar-refractivity contribution is 5.87. The number of carbonyl (C=O) groups excluding carboxylic acids is 1. The van der Waals surface area contributed by atoms with Gasteiger partial charge in [0.05, 0.1) is 7.11 Å². The molecule has 0 saturated heterocycles. The Bertz CT molecular complexity index is 166. The molecule has 0 aromatic carbocycles. The first-order valence-corrected chi connectivity index (χ1v) is 3.47. The second kappa shape index (κ2) is 7.13. The van der Waals surface area contributed by atoms with Gasteiger partial charge in [-0.2, -0.15) is 0 Å². The lowest BCUT2D eigenvalue weighted by molar-refractivity contribution is -0.136. The topological polar surface area (TPSA) is 29.5 Å². The Morgan fingerprint density at radius 1 is 1.50 bits per heavy atom. The SMILES string of the molecule is COC(=O)C(C)=CCN(C)C.Cl. The first-order chi connectivity index (χ1) is 5.07. The van der Waals surface area contributed by atoms with E-state index in [4.69, 9.17) is 0 Å². The monoisotopic (exact) mass is 193 g/mol. The fourth-order valence-electron chi connectivity index (χ4n) is 0.564. The average Bonchev–Trinajstić information content (AvgIpc) is 1.98. The van der Waals surface area contributed by atoms with Crippen molar-refractivity contribution in [1.29, 1.82) is 0 Å². The smallest absolute Gasteiger partial charge is 0.333 e. The summed E-state index contributed by atoms with van der Waals surface area (Å²) in [5, 5.41) is 0. The van der Waals surface area contributed by atoms with Gasteiger partial charge in [-0.15, -0.1) is 12.4 Å². The fourth-order valence-corrected chi connectivity index (χ4v) is 0.564. The Morgan fingerprint density at radius 3 is 2.33 bits per heavy atom. The zero-order chi connectivity index (χ0) is 8.85. The minimum atomic E-state index is -0.258.